The third-order valence-electron chi connectivity index (χ3n) is 3.18. The number of nitrogen functional groups attached to an aromatic ring is 1. The van der Waals surface area contributed by atoms with Gasteiger partial charge in [0.1, 0.15) is 5.58 Å². The lowest BCUT2D eigenvalue weighted by Crippen LogP contribution is -1.98. The molecule has 1 aromatic carbocycles. The topological polar surface area (TPSA) is 56.2 Å². The molecule has 18 heavy (non-hydrogen) atoms. The number of unbranched alkanes of at least 4 members (excludes halogenated alkanes) is 3. The number of benzene rings is 1. The Labute approximate surface area is 107 Å². The smallest absolute Gasteiger partial charge is 0.336 e. The minimum Gasteiger partial charge on any atom is -0.423 e. The first kappa shape index (κ1) is 12.7. The van der Waals surface area contributed by atoms with Crippen molar-refractivity contribution in [1.82, 2.24) is 0 Å². The van der Waals surface area contributed by atoms with Crippen LogP contribution in [-0.4, -0.2) is 0 Å². The summed E-state index contributed by atoms with van der Waals surface area (Å²) in [5, 5.41) is 0.879. The molecule has 0 aliphatic rings. The highest BCUT2D eigenvalue weighted by Gasteiger charge is 2.04. The molecule has 0 fully saturated rings. The van der Waals surface area contributed by atoms with Gasteiger partial charge < -0.3 is 10.2 Å². The van der Waals surface area contributed by atoms with Crippen LogP contribution in [0.4, 0.5) is 5.69 Å². The van der Waals surface area contributed by atoms with E-state index in [4.69, 9.17) is 10.2 Å². The number of hydrogen-bond acceptors (Lipinski definition) is 3. The van der Waals surface area contributed by atoms with Gasteiger partial charge in [0.2, 0.25) is 0 Å². The molecule has 0 amide bonds. The summed E-state index contributed by atoms with van der Waals surface area (Å²) in [5.74, 6) is 0. The summed E-state index contributed by atoms with van der Waals surface area (Å²) in [4.78, 5) is 11.2. The van der Waals surface area contributed by atoms with E-state index >= 15 is 0 Å². The van der Waals surface area contributed by atoms with Gasteiger partial charge in [0.25, 0.3) is 0 Å². The van der Waals surface area contributed by atoms with Crippen molar-refractivity contribution in [3.63, 3.8) is 0 Å². The average molecular weight is 245 g/mol. The van der Waals surface area contributed by atoms with E-state index in [9.17, 15) is 4.79 Å². The lowest BCUT2D eigenvalue weighted by Gasteiger charge is -2.07. The Morgan fingerprint density at radius 3 is 2.78 bits per heavy atom. The Morgan fingerprint density at radius 2 is 2.00 bits per heavy atom. The maximum absolute atomic E-state index is 11.2. The molecule has 0 aliphatic heterocycles. The van der Waals surface area contributed by atoms with E-state index in [-0.39, 0.29) is 5.63 Å². The molecule has 3 nitrogen and oxygen atoms in total. The molecule has 0 saturated heterocycles. The van der Waals surface area contributed by atoms with Crippen LogP contribution in [0.2, 0.25) is 0 Å². The summed E-state index contributed by atoms with van der Waals surface area (Å²) in [6.45, 7) is 2.19. The second-order valence-electron chi connectivity index (χ2n) is 4.65. The molecule has 2 aromatic rings. The minimum atomic E-state index is -0.316. The fourth-order valence-corrected chi connectivity index (χ4v) is 2.13. The zero-order valence-corrected chi connectivity index (χ0v) is 10.7. The normalized spacial score (nSPS) is 10.9. The molecule has 2 N–H and O–H groups in total. The van der Waals surface area contributed by atoms with E-state index in [1.807, 2.05) is 12.1 Å². The molecule has 0 saturated carbocycles. The summed E-state index contributed by atoms with van der Waals surface area (Å²) >= 11 is 0. The zero-order chi connectivity index (χ0) is 13.0. The predicted octanol–water partition coefficient (Wildman–Crippen LogP) is 3.50. The number of rotatable bonds is 5. The van der Waals surface area contributed by atoms with Crippen LogP contribution in [0.25, 0.3) is 11.0 Å². The van der Waals surface area contributed by atoms with Gasteiger partial charge in [0.15, 0.2) is 0 Å². The van der Waals surface area contributed by atoms with E-state index in [2.05, 4.69) is 6.92 Å². The van der Waals surface area contributed by atoms with E-state index in [0.29, 0.717) is 5.58 Å². The lowest BCUT2D eigenvalue weighted by molar-refractivity contribution is 0.560. The fraction of sp³-hybridized carbons (Fsp3) is 0.400. The van der Waals surface area contributed by atoms with Crippen molar-refractivity contribution in [3.8, 4) is 0 Å². The molecule has 0 aliphatic carbocycles. The lowest BCUT2D eigenvalue weighted by atomic mass is 10.0. The van der Waals surface area contributed by atoms with Crippen LogP contribution in [0.5, 0.6) is 0 Å². The first-order valence-corrected chi connectivity index (χ1v) is 6.53. The highest BCUT2D eigenvalue weighted by atomic mass is 16.4. The second kappa shape index (κ2) is 5.71. The van der Waals surface area contributed by atoms with Gasteiger partial charge in [-0.15, -0.1) is 0 Å². The highest BCUT2D eigenvalue weighted by Crippen LogP contribution is 2.22. The zero-order valence-electron chi connectivity index (χ0n) is 10.7. The van der Waals surface area contributed by atoms with Crippen molar-refractivity contribution in [2.24, 2.45) is 0 Å². The molecule has 0 spiro atoms. The van der Waals surface area contributed by atoms with Gasteiger partial charge in [-0.1, -0.05) is 26.2 Å². The van der Waals surface area contributed by atoms with Crippen molar-refractivity contribution in [1.29, 1.82) is 0 Å². The number of aryl methyl sites for hydroxylation is 1. The molecular weight excluding hydrogens is 226 g/mol. The Bertz CT molecular complexity index is 587. The van der Waals surface area contributed by atoms with Crippen molar-refractivity contribution in [3.05, 3.63) is 40.2 Å². The average Bonchev–Trinajstić information content (AvgIpc) is 2.35. The van der Waals surface area contributed by atoms with Crippen LogP contribution in [0.3, 0.4) is 0 Å². The summed E-state index contributed by atoms with van der Waals surface area (Å²) < 4.78 is 5.17. The standard InChI is InChI=1S/C15H19NO2/c1-2-3-4-5-6-11-10-14-12(9-13(11)16)7-8-15(17)18-14/h7-10H,2-6,16H2,1H3. The van der Waals surface area contributed by atoms with Gasteiger partial charge >= 0.3 is 5.63 Å². The third-order valence-corrected chi connectivity index (χ3v) is 3.18. The van der Waals surface area contributed by atoms with E-state index < -0.39 is 0 Å². The monoisotopic (exact) mass is 245 g/mol. The van der Waals surface area contributed by atoms with Crippen molar-refractivity contribution >= 4 is 16.7 Å². The second-order valence-corrected chi connectivity index (χ2v) is 4.65. The van der Waals surface area contributed by atoms with Crippen LogP contribution in [0.15, 0.2) is 33.5 Å². The molecule has 2 rings (SSSR count). The molecule has 0 radical (unpaired) electrons. The van der Waals surface area contributed by atoms with Crippen LogP contribution >= 0.6 is 0 Å². The van der Waals surface area contributed by atoms with Gasteiger partial charge in [-0.3, -0.25) is 0 Å². The molecule has 0 atom stereocenters. The van der Waals surface area contributed by atoms with Gasteiger partial charge in [0, 0.05) is 17.1 Å². The first-order valence-electron chi connectivity index (χ1n) is 6.53. The van der Waals surface area contributed by atoms with Crippen molar-refractivity contribution in [2.75, 3.05) is 5.73 Å². The van der Waals surface area contributed by atoms with Crippen LogP contribution in [0.1, 0.15) is 38.2 Å². The molecule has 3 heteroatoms. The highest BCUT2D eigenvalue weighted by molar-refractivity contribution is 5.81. The summed E-state index contributed by atoms with van der Waals surface area (Å²) in [7, 11) is 0. The quantitative estimate of drug-likeness (QED) is 0.498. The van der Waals surface area contributed by atoms with Crippen molar-refractivity contribution in [2.45, 2.75) is 39.0 Å². The van der Waals surface area contributed by atoms with Crippen LogP contribution < -0.4 is 11.4 Å². The molecule has 0 unspecified atom stereocenters. The molecular formula is C15H19NO2. The Balaban J connectivity index is 2.22. The van der Waals surface area contributed by atoms with Crippen LogP contribution in [-0.2, 0) is 6.42 Å². The number of hydrogen-bond donors (Lipinski definition) is 1. The van der Waals surface area contributed by atoms with Gasteiger partial charge in [0.05, 0.1) is 0 Å². The number of anilines is 1. The largest absolute Gasteiger partial charge is 0.423 e. The minimum absolute atomic E-state index is 0.316. The third kappa shape index (κ3) is 2.92. The summed E-state index contributed by atoms with van der Waals surface area (Å²) in [6.07, 6.45) is 5.76. The Kier molecular flexibility index (Phi) is 4.03. The maximum Gasteiger partial charge on any atom is 0.336 e. The predicted molar refractivity (Wildman–Crippen MR) is 74.7 cm³/mol. The molecule has 1 aromatic heterocycles. The summed E-state index contributed by atoms with van der Waals surface area (Å²) in [5.41, 5.74) is 8.19. The Hall–Kier alpha value is -1.77. The molecule has 96 valence electrons. The fourth-order valence-electron chi connectivity index (χ4n) is 2.13. The molecule has 0 bridgehead atoms. The van der Waals surface area contributed by atoms with Crippen molar-refractivity contribution < 1.29 is 4.42 Å². The number of nitrogens with two attached hydrogens (primary N) is 1. The summed E-state index contributed by atoms with van der Waals surface area (Å²) in [6, 6.07) is 6.95. The number of fused-ring (bicyclic) bond motifs is 1. The van der Waals surface area contributed by atoms with Gasteiger partial charge in [-0.05, 0) is 36.6 Å². The van der Waals surface area contributed by atoms with Gasteiger partial charge in [-0.25, -0.2) is 4.79 Å². The van der Waals surface area contributed by atoms with Crippen LogP contribution in [0, 0.1) is 0 Å². The van der Waals surface area contributed by atoms with E-state index in [1.165, 1.54) is 25.3 Å². The Morgan fingerprint density at radius 1 is 1.17 bits per heavy atom. The van der Waals surface area contributed by atoms with E-state index in [1.54, 1.807) is 6.07 Å². The SMILES string of the molecule is CCCCCCc1cc2oc(=O)ccc2cc1N. The van der Waals surface area contributed by atoms with Gasteiger partial charge in [-0.2, -0.15) is 0 Å². The maximum atomic E-state index is 11.2. The van der Waals surface area contributed by atoms with E-state index in [0.717, 1.165) is 29.5 Å². The molecule has 1 heterocycles. The first-order chi connectivity index (χ1) is 8.70.